The van der Waals surface area contributed by atoms with Crippen LogP contribution in [-0.2, 0) is 0 Å². The monoisotopic (exact) mass is 354 g/mol. The molecule has 124 valence electrons. The maximum absolute atomic E-state index is 13.1. The highest BCUT2D eigenvalue weighted by atomic mass is 32.1. The summed E-state index contributed by atoms with van der Waals surface area (Å²) in [5.41, 5.74) is 0.747. The van der Waals surface area contributed by atoms with Gasteiger partial charge < -0.3 is 9.47 Å². The lowest BCUT2D eigenvalue weighted by atomic mass is 10.2. The Kier molecular flexibility index (Phi) is 3.17. The highest BCUT2D eigenvalue weighted by Gasteiger charge is 2.27. The van der Waals surface area contributed by atoms with E-state index < -0.39 is 0 Å². The third kappa shape index (κ3) is 2.42. The lowest BCUT2D eigenvalue weighted by Gasteiger charge is -2.24. The molecular formula is C17H11FN4O2S. The maximum atomic E-state index is 13.1. The van der Waals surface area contributed by atoms with Crippen LogP contribution in [0.15, 0.2) is 48.5 Å². The van der Waals surface area contributed by atoms with Crippen molar-refractivity contribution in [1.82, 2.24) is 19.8 Å². The summed E-state index contributed by atoms with van der Waals surface area (Å²) in [4.78, 5) is 0.650. The fraction of sp³-hybridized carbons (Fsp3) is 0.118. The topological polar surface area (TPSA) is 61.5 Å². The molecule has 0 aliphatic carbocycles. The molecular weight excluding hydrogens is 343 g/mol. The number of para-hydroxylation sites is 2. The van der Waals surface area contributed by atoms with Crippen LogP contribution >= 0.6 is 11.3 Å². The standard InChI is InChI=1S/C17H11FN4O2S/c18-11-7-5-10(6-8-11)15-19-20-17-22(15)21-16(25-17)14-9-23-12-3-1-2-4-13(12)24-14/h1-8,14H,9H2/t14-/m0/s1. The fourth-order valence-electron chi connectivity index (χ4n) is 2.68. The van der Waals surface area contributed by atoms with E-state index >= 15 is 0 Å². The summed E-state index contributed by atoms with van der Waals surface area (Å²) >= 11 is 1.40. The Labute approximate surface area is 145 Å². The van der Waals surface area contributed by atoms with Crippen LogP contribution in [0.1, 0.15) is 11.1 Å². The van der Waals surface area contributed by atoms with Gasteiger partial charge in [-0.2, -0.15) is 9.61 Å². The van der Waals surface area contributed by atoms with Crippen LogP contribution in [0.2, 0.25) is 0 Å². The molecule has 1 aliphatic rings. The van der Waals surface area contributed by atoms with Crippen molar-refractivity contribution in [2.45, 2.75) is 6.10 Å². The number of aromatic nitrogens is 4. The van der Waals surface area contributed by atoms with Gasteiger partial charge in [-0.15, -0.1) is 10.2 Å². The van der Waals surface area contributed by atoms with Crippen molar-refractivity contribution in [3.8, 4) is 22.9 Å². The van der Waals surface area contributed by atoms with E-state index in [1.165, 1.54) is 23.5 Å². The van der Waals surface area contributed by atoms with E-state index in [-0.39, 0.29) is 11.9 Å². The number of hydrogen-bond acceptors (Lipinski definition) is 6. The van der Waals surface area contributed by atoms with Crippen molar-refractivity contribution < 1.29 is 13.9 Å². The molecule has 0 N–H and O–H groups in total. The van der Waals surface area contributed by atoms with Gasteiger partial charge in [-0.25, -0.2) is 4.39 Å². The van der Waals surface area contributed by atoms with Crippen LogP contribution in [0.25, 0.3) is 16.3 Å². The van der Waals surface area contributed by atoms with Crippen LogP contribution in [0.5, 0.6) is 11.5 Å². The zero-order valence-electron chi connectivity index (χ0n) is 12.8. The molecule has 3 heterocycles. The summed E-state index contributed by atoms with van der Waals surface area (Å²) in [5, 5.41) is 13.6. The normalized spacial score (nSPS) is 16.3. The molecule has 6 nitrogen and oxygen atoms in total. The maximum Gasteiger partial charge on any atom is 0.235 e. The van der Waals surface area contributed by atoms with Crippen LogP contribution in [0, 0.1) is 5.82 Å². The van der Waals surface area contributed by atoms with Crippen molar-refractivity contribution >= 4 is 16.3 Å². The second-order valence-electron chi connectivity index (χ2n) is 5.53. The van der Waals surface area contributed by atoms with E-state index in [0.717, 1.165) is 16.3 Å². The van der Waals surface area contributed by atoms with Crippen molar-refractivity contribution in [3.63, 3.8) is 0 Å². The Balaban J connectivity index is 1.51. The molecule has 1 atom stereocenters. The van der Waals surface area contributed by atoms with E-state index in [1.54, 1.807) is 16.6 Å². The minimum atomic E-state index is -0.303. The zero-order chi connectivity index (χ0) is 16.8. The Bertz CT molecular complexity index is 1060. The molecule has 0 unspecified atom stereocenters. The van der Waals surface area contributed by atoms with Crippen molar-refractivity contribution in [3.05, 3.63) is 59.4 Å². The van der Waals surface area contributed by atoms with Gasteiger partial charge in [-0.1, -0.05) is 23.5 Å². The third-order valence-corrected chi connectivity index (χ3v) is 4.88. The van der Waals surface area contributed by atoms with Crippen LogP contribution in [0.4, 0.5) is 4.39 Å². The lowest BCUT2D eigenvalue weighted by molar-refractivity contribution is 0.0904. The van der Waals surface area contributed by atoms with Gasteiger partial charge in [-0.3, -0.25) is 0 Å². The second-order valence-corrected chi connectivity index (χ2v) is 6.52. The average molecular weight is 354 g/mol. The highest BCUT2D eigenvalue weighted by Crippen LogP contribution is 2.37. The van der Waals surface area contributed by atoms with Crippen molar-refractivity contribution in [2.24, 2.45) is 0 Å². The van der Waals surface area contributed by atoms with Gasteiger partial charge in [0.05, 0.1) is 0 Å². The molecule has 4 aromatic rings. The minimum absolute atomic E-state index is 0.296. The number of fused-ring (bicyclic) bond motifs is 2. The van der Waals surface area contributed by atoms with Gasteiger partial charge in [0.1, 0.15) is 12.4 Å². The molecule has 0 saturated carbocycles. The number of hydrogen-bond donors (Lipinski definition) is 0. The first-order chi connectivity index (χ1) is 12.3. The molecule has 25 heavy (non-hydrogen) atoms. The van der Waals surface area contributed by atoms with E-state index in [9.17, 15) is 4.39 Å². The van der Waals surface area contributed by atoms with Crippen LogP contribution in [-0.4, -0.2) is 26.4 Å². The molecule has 8 heteroatoms. The van der Waals surface area contributed by atoms with E-state index in [4.69, 9.17) is 9.47 Å². The predicted molar refractivity (Wildman–Crippen MR) is 89.4 cm³/mol. The fourth-order valence-corrected chi connectivity index (χ4v) is 3.53. The van der Waals surface area contributed by atoms with Gasteiger partial charge >= 0.3 is 0 Å². The molecule has 1 aliphatic heterocycles. The van der Waals surface area contributed by atoms with Crippen molar-refractivity contribution in [2.75, 3.05) is 6.61 Å². The summed E-state index contributed by atoms with van der Waals surface area (Å²) < 4.78 is 26.5. The summed E-state index contributed by atoms with van der Waals surface area (Å²) in [7, 11) is 0. The van der Waals surface area contributed by atoms with Gasteiger partial charge in [0, 0.05) is 5.56 Å². The molecule has 0 radical (unpaired) electrons. The smallest absolute Gasteiger partial charge is 0.235 e. The lowest BCUT2D eigenvalue weighted by Crippen LogP contribution is -2.21. The molecule has 2 aromatic carbocycles. The number of nitrogens with zero attached hydrogens (tertiary/aromatic N) is 4. The van der Waals surface area contributed by atoms with E-state index in [2.05, 4.69) is 15.3 Å². The average Bonchev–Trinajstić information content (AvgIpc) is 3.23. The molecule has 0 spiro atoms. The number of ether oxygens (including phenoxy) is 2. The van der Waals surface area contributed by atoms with E-state index in [1.807, 2.05) is 24.3 Å². The second kappa shape index (κ2) is 5.52. The Morgan fingerprint density at radius 1 is 1.04 bits per heavy atom. The predicted octanol–water partition coefficient (Wildman–Crippen LogP) is 3.50. The minimum Gasteiger partial charge on any atom is -0.485 e. The first kappa shape index (κ1) is 14.4. The summed E-state index contributed by atoms with van der Waals surface area (Å²) in [5.74, 6) is 1.70. The number of benzene rings is 2. The van der Waals surface area contributed by atoms with Crippen LogP contribution < -0.4 is 9.47 Å². The molecule has 0 amide bonds. The van der Waals surface area contributed by atoms with E-state index in [0.29, 0.717) is 23.1 Å². The number of rotatable bonds is 2. The Hall–Kier alpha value is -3.00. The van der Waals surface area contributed by atoms with Gasteiger partial charge in [0.15, 0.2) is 28.4 Å². The first-order valence-electron chi connectivity index (χ1n) is 7.64. The molecule has 0 saturated heterocycles. The third-order valence-electron chi connectivity index (χ3n) is 3.89. The van der Waals surface area contributed by atoms with Gasteiger partial charge in [0.25, 0.3) is 0 Å². The zero-order valence-corrected chi connectivity index (χ0v) is 13.6. The van der Waals surface area contributed by atoms with Gasteiger partial charge in [-0.05, 0) is 36.4 Å². The summed E-state index contributed by atoms with van der Waals surface area (Å²) in [6.07, 6.45) is -0.303. The Morgan fingerprint density at radius 2 is 1.84 bits per heavy atom. The number of halogens is 1. The molecule has 5 rings (SSSR count). The largest absolute Gasteiger partial charge is 0.485 e. The summed E-state index contributed by atoms with van der Waals surface area (Å²) in [6.45, 7) is 0.382. The highest BCUT2D eigenvalue weighted by molar-refractivity contribution is 7.16. The summed E-state index contributed by atoms with van der Waals surface area (Å²) in [6, 6.07) is 13.6. The van der Waals surface area contributed by atoms with Gasteiger partial charge in [0.2, 0.25) is 4.96 Å². The molecule has 0 fully saturated rings. The molecule has 2 aromatic heterocycles. The first-order valence-corrected chi connectivity index (χ1v) is 8.46. The molecule has 0 bridgehead atoms. The van der Waals surface area contributed by atoms with Crippen molar-refractivity contribution in [1.29, 1.82) is 0 Å². The quantitative estimate of drug-likeness (QED) is 0.551. The Morgan fingerprint density at radius 3 is 2.68 bits per heavy atom. The SMILES string of the molecule is Fc1ccc(-c2nnc3sc([C@@H]4COc5ccccc5O4)nn23)cc1. The van der Waals surface area contributed by atoms with Crippen LogP contribution in [0.3, 0.4) is 0 Å².